The summed E-state index contributed by atoms with van der Waals surface area (Å²) in [6.07, 6.45) is 7.61. The molecule has 7 nitrogen and oxygen atoms in total. The number of aromatic nitrogens is 3. The van der Waals surface area contributed by atoms with Crippen molar-refractivity contribution >= 4 is 27.1 Å². The van der Waals surface area contributed by atoms with Gasteiger partial charge in [0.2, 0.25) is 0 Å². The van der Waals surface area contributed by atoms with Crippen LogP contribution in [-0.2, 0) is 9.84 Å². The van der Waals surface area contributed by atoms with Gasteiger partial charge in [0.15, 0.2) is 11.5 Å². The summed E-state index contributed by atoms with van der Waals surface area (Å²) in [6, 6.07) is -0.241. The van der Waals surface area contributed by atoms with Crippen LogP contribution < -0.4 is 10.6 Å². The van der Waals surface area contributed by atoms with E-state index in [1.54, 1.807) is 6.20 Å². The third-order valence-electron chi connectivity index (χ3n) is 2.87. The topological polar surface area (TPSA) is 88.4 Å². The summed E-state index contributed by atoms with van der Waals surface area (Å²) in [7, 11) is -3.04. The van der Waals surface area contributed by atoms with E-state index in [0.717, 1.165) is 18.8 Å². The van der Waals surface area contributed by atoms with Crippen molar-refractivity contribution in [2.24, 2.45) is 0 Å². The van der Waals surface area contributed by atoms with Crippen LogP contribution in [0.4, 0.5) is 11.6 Å². The highest BCUT2D eigenvalue weighted by Gasteiger charge is 2.14. The molecule has 2 aromatic heterocycles. The molecule has 0 aliphatic rings. The molecule has 21 heavy (non-hydrogen) atoms. The van der Waals surface area contributed by atoms with Crippen molar-refractivity contribution in [1.82, 2.24) is 14.4 Å². The summed E-state index contributed by atoms with van der Waals surface area (Å²) in [5, 5.41) is 6.35. The van der Waals surface area contributed by atoms with Gasteiger partial charge >= 0.3 is 0 Å². The minimum Gasteiger partial charge on any atom is -0.369 e. The second kappa shape index (κ2) is 6.30. The smallest absolute Gasteiger partial charge is 0.180 e. The monoisotopic (exact) mass is 311 g/mol. The average Bonchev–Trinajstić information content (AvgIpc) is 2.82. The van der Waals surface area contributed by atoms with Gasteiger partial charge in [-0.25, -0.2) is 18.4 Å². The van der Waals surface area contributed by atoms with Gasteiger partial charge in [-0.3, -0.25) is 0 Å². The lowest BCUT2D eigenvalue weighted by Gasteiger charge is -2.15. The van der Waals surface area contributed by atoms with Crippen LogP contribution in [0.5, 0.6) is 0 Å². The van der Waals surface area contributed by atoms with Gasteiger partial charge in [-0.1, -0.05) is 6.92 Å². The lowest BCUT2D eigenvalue weighted by atomic mass is 10.4. The molecule has 0 fully saturated rings. The van der Waals surface area contributed by atoms with Gasteiger partial charge in [-0.2, -0.15) is 0 Å². The van der Waals surface area contributed by atoms with E-state index in [1.807, 2.05) is 23.7 Å². The minimum absolute atomic E-state index is 0.0498. The molecule has 0 radical (unpaired) electrons. The maximum absolute atomic E-state index is 11.4. The molecule has 0 aromatic carbocycles. The summed E-state index contributed by atoms with van der Waals surface area (Å²) in [5.41, 5.74) is 0.678. The molecule has 116 valence electrons. The summed E-state index contributed by atoms with van der Waals surface area (Å²) in [4.78, 5) is 8.73. The largest absolute Gasteiger partial charge is 0.369 e. The normalized spacial score (nSPS) is 13.3. The fraction of sp³-hybridized carbons (Fsp3) is 0.538. The van der Waals surface area contributed by atoms with Crippen LogP contribution >= 0.6 is 0 Å². The number of rotatable bonds is 7. The van der Waals surface area contributed by atoms with E-state index in [4.69, 9.17) is 0 Å². The molecule has 8 heteroatoms. The highest BCUT2D eigenvalue weighted by molar-refractivity contribution is 7.90. The molecular weight excluding hydrogens is 290 g/mol. The lowest BCUT2D eigenvalue weighted by molar-refractivity contribution is 0.598. The van der Waals surface area contributed by atoms with Crippen LogP contribution in [0.3, 0.4) is 0 Å². The number of hydrogen-bond acceptors (Lipinski definition) is 6. The molecular formula is C13H21N5O2S. The third kappa shape index (κ3) is 4.32. The first-order valence-electron chi connectivity index (χ1n) is 6.91. The lowest BCUT2D eigenvalue weighted by Crippen LogP contribution is -2.26. The van der Waals surface area contributed by atoms with E-state index in [1.165, 1.54) is 6.26 Å². The number of anilines is 2. The van der Waals surface area contributed by atoms with Crippen molar-refractivity contribution in [3.63, 3.8) is 0 Å². The van der Waals surface area contributed by atoms with Crippen molar-refractivity contribution in [2.45, 2.75) is 26.3 Å². The Morgan fingerprint density at radius 2 is 2.19 bits per heavy atom. The predicted molar refractivity (Wildman–Crippen MR) is 84.6 cm³/mol. The van der Waals surface area contributed by atoms with E-state index in [-0.39, 0.29) is 11.8 Å². The van der Waals surface area contributed by atoms with Crippen LogP contribution in [0, 0.1) is 0 Å². The number of nitrogens with zero attached hydrogens (tertiary/aromatic N) is 3. The average molecular weight is 311 g/mol. The molecule has 2 aromatic rings. The molecule has 2 rings (SSSR count). The van der Waals surface area contributed by atoms with Crippen molar-refractivity contribution in [1.29, 1.82) is 0 Å². The van der Waals surface area contributed by atoms with E-state index >= 15 is 0 Å². The van der Waals surface area contributed by atoms with E-state index < -0.39 is 9.84 Å². The quantitative estimate of drug-likeness (QED) is 0.803. The predicted octanol–water partition coefficient (Wildman–Crippen LogP) is 1.40. The Kier molecular flexibility index (Phi) is 4.66. The maximum Gasteiger partial charge on any atom is 0.180 e. The Hall–Kier alpha value is -1.83. The van der Waals surface area contributed by atoms with Crippen LogP contribution in [0.1, 0.15) is 20.3 Å². The molecule has 0 bridgehead atoms. The number of nitrogens with one attached hydrogen (secondary N) is 2. The Morgan fingerprint density at radius 3 is 2.86 bits per heavy atom. The molecule has 1 atom stereocenters. The molecule has 2 heterocycles. The van der Waals surface area contributed by atoms with E-state index in [0.29, 0.717) is 11.5 Å². The molecule has 0 saturated heterocycles. The zero-order valence-electron chi connectivity index (χ0n) is 12.5. The molecule has 0 spiro atoms. The summed E-state index contributed by atoms with van der Waals surface area (Å²) < 4.78 is 24.6. The summed E-state index contributed by atoms with van der Waals surface area (Å²) in [5.74, 6) is 1.36. The number of fused-ring (bicyclic) bond motifs is 1. The van der Waals surface area contributed by atoms with Crippen LogP contribution in [0.25, 0.3) is 5.65 Å². The second-order valence-corrected chi connectivity index (χ2v) is 7.38. The molecule has 1 unspecified atom stereocenters. The Morgan fingerprint density at radius 1 is 1.43 bits per heavy atom. The van der Waals surface area contributed by atoms with Crippen LogP contribution in [-0.4, -0.2) is 47.4 Å². The number of sulfone groups is 1. The second-order valence-electron chi connectivity index (χ2n) is 5.20. The van der Waals surface area contributed by atoms with Gasteiger partial charge in [0.1, 0.15) is 15.7 Å². The zero-order valence-corrected chi connectivity index (χ0v) is 13.3. The first-order chi connectivity index (χ1) is 9.89. The first-order valence-corrected chi connectivity index (χ1v) is 8.97. The summed E-state index contributed by atoms with van der Waals surface area (Å²) >= 11 is 0. The fourth-order valence-electron chi connectivity index (χ4n) is 2.10. The maximum atomic E-state index is 11.4. The van der Waals surface area contributed by atoms with Crippen molar-refractivity contribution in [2.75, 3.05) is 29.2 Å². The van der Waals surface area contributed by atoms with Gasteiger partial charge < -0.3 is 15.0 Å². The molecule has 2 N–H and O–H groups in total. The Balaban J connectivity index is 2.26. The number of hydrogen-bond donors (Lipinski definition) is 2. The van der Waals surface area contributed by atoms with Gasteiger partial charge in [0.25, 0.3) is 0 Å². The molecule has 0 saturated carbocycles. The van der Waals surface area contributed by atoms with Gasteiger partial charge in [-0.15, -0.1) is 0 Å². The molecule has 0 aliphatic heterocycles. The zero-order chi connectivity index (χ0) is 15.5. The standard InChI is InChI=1S/C13H21N5O2S/c1-4-5-14-11-8-18-7-6-15-13(18)12(17-11)16-10(2)9-21(3,19)20/h6-8,10,14H,4-5,9H2,1-3H3,(H,16,17). The first kappa shape index (κ1) is 15.6. The highest BCUT2D eigenvalue weighted by Crippen LogP contribution is 2.17. The van der Waals surface area contributed by atoms with Gasteiger partial charge in [0.05, 0.1) is 11.9 Å². The Bertz CT molecular complexity index is 710. The van der Waals surface area contributed by atoms with Gasteiger partial charge in [0, 0.05) is 31.2 Å². The molecule has 0 aliphatic carbocycles. The van der Waals surface area contributed by atoms with E-state index in [9.17, 15) is 8.42 Å². The van der Waals surface area contributed by atoms with Crippen molar-refractivity contribution in [3.05, 3.63) is 18.6 Å². The van der Waals surface area contributed by atoms with Crippen molar-refractivity contribution < 1.29 is 8.42 Å². The fourth-order valence-corrected chi connectivity index (χ4v) is 3.09. The highest BCUT2D eigenvalue weighted by atomic mass is 32.2. The van der Waals surface area contributed by atoms with Gasteiger partial charge in [-0.05, 0) is 13.3 Å². The summed E-state index contributed by atoms with van der Waals surface area (Å²) in [6.45, 7) is 4.72. The Labute approximate surface area is 124 Å². The third-order valence-corrected chi connectivity index (χ3v) is 3.97. The number of imidazole rings is 1. The SMILES string of the molecule is CCCNc1cn2ccnc2c(NC(C)CS(C)(=O)=O)n1. The molecule has 0 amide bonds. The van der Waals surface area contributed by atoms with E-state index in [2.05, 4.69) is 27.5 Å². The van der Waals surface area contributed by atoms with Crippen LogP contribution in [0.15, 0.2) is 18.6 Å². The van der Waals surface area contributed by atoms with Crippen LogP contribution in [0.2, 0.25) is 0 Å². The minimum atomic E-state index is -3.04. The van der Waals surface area contributed by atoms with Crippen molar-refractivity contribution in [3.8, 4) is 0 Å².